The van der Waals surface area contributed by atoms with Crippen LogP contribution < -0.4 is 4.90 Å². The average molecular weight is 802 g/mol. The molecule has 0 amide bonds. The summed E-state index contributed by atoms with van der Waals surface area (Å²) in [6.45, 7) is 0. The van der Waals surface area contributed by atoms with Crippen LogP contribution in [0.5, 0.6) is 0 Å². The number of anilines is 3. The van der Waals surface area contributed by atoms with Crippen LogP contribution in [-0.2, 0) is 5.41 Å². The molecule has 1 unspecified atom stereocenters. The van der Waals surface area contributed by atoms with Gasteiger partial charge >= 0.3 is 0 Å². The lowest BCUT2D eigenvalue weighted by atomic mass is 9.65. The molecule has 13 rings (SSSR count). The van der Waals surface area contributed by atoms with Crippen molar-refractivity contribution in [2.45, 2.75) is 5.41 Å². The lowest BCUT2D eigenvalue weighted by Gasteiger charge is -2.36. The van der Waals surface area contributed by atoms with E-state index in [0.29, 0.717) is 0 Å². The zero-order valence-corrected chi connectivity index (χ0v) is 34.4. The second-order valence-electron chi connectivity index (χ2n) is 16.8. The number of nitrogens with zero attached hydrogens (tertiary/aromatic N) is 1. The molecule has 0 radical (unpaired) electrons. The highest BCUT2D eigenvalue weighted by Gasteiger charge is 2.50. The summed E-state index contributed by atoms with van der Waals surface area (Å²) in [7, 11) is 0. The molecule has 1 spiro atoms. The predicted molar refractivity (Wildman–Crippen MR) is 261 cm³/mol. The Balaban J connectivity index is 1.11. The van der Waals surface area contributed by atoms with Gasteiger partial charge in [0, 0.05) is 27.8 Å². The lowest BCUT2D eigenvalue weighted by Crippen LogP contribution is -2.29. The van der Waals surface area contributed by atoms with Crippen LogP contribution in [0.25, 0.3) is 77.6 Å². The van der Waals surface area contributed by atoms with Crippen molar-refractivity contribution in [2.75, 3.05) is 4.90 Å². The molecule has 2 nitrogen and oxygen atoms in total. The summed E-state index contributed by atoms with van der Waals surface area (Å²) >= 11 is 0. The first-order chi connectivity index (χ1) is 31.2. The summed E-state index contributed by atoms with van der Waals surface area (Å²) in [4.78, 5) is 2.42. The van der Waals surface area contributed by atoms with Gasteiger partial charge in [0.25, 0.3) is 0 Å². The van der Waals surface area contributed by atoms with Crippen molar-refractivity contribution in [2.24, 2.45) is 0 Å². The van der Waals surface area contributed by atoms with Crippen LogP contribution in [0.15, 0.2) is 241 Å². The van der Waals surface area contributed by atoms with Crippen LogP contribution >= 0.6 is 0 Å². The van der Waals surface area contributed by atoms with E-state index in [1.54, 1.807) is 0 Å². The molecule has 0 fully saturated rings. The molecule has 1 atom stereocenters. The number of para-hydroxylation sites is 1. The van der Waals surface area contributed by atoms with E-state index in [2.05, 4.69) is 241 Å². The third-order valence-corrected chi connectivity index (χ3v) is 13.5. The fraction of sp³-hybridized carbons (Fsp3) is 0.0164. The number of benzene rings is 10. The maximum absolute atomic E-state index is 6.73. The van der Waals surface area contributed by atoms with E-state index in [4.69, 9.17) is 4.42 Å². The van der Waals surface area contributed by atoms with Gasteiger partial charge in [0.2, 0.25) is 0 Å². The van der Waals surface area contributed by atoms with Gasteiger partial charge < -0.3 is 9.32 Å². The van der Waals surface area contributed by atoms with E-state index in [9.17, 15) is 0 Å². The fourth-order valence-corrected chi connectivity index (χ4v) is 10.7. The molecule has 10 aromatic carbocycles. The Labute approximate surface area is 366 Å². The van der Waals surface area contributed by atoms with Crippen molar-refractivity contribution in [3.05, 3.63) is 259 Å². The summed E-state index contributed by atoms with van der Waals surface area (Å²) in [6, 6.07) is 86.7. The number of furan rings is 1. The number of hydrogen-bond acceptors (Lipinski definition) is 2. The van der Waals surface area contributed by atoms with E-state index in [1.807, 2.05) is 0 Å². The highest BCUT2D eigenvalue weighted by molar-refractivity contribution is 6.09. The van der Waals surface area contributed by atoms with E-state index in [1.165, 1.54) is 77.9 Å². The van der Waals surface area contributed by atoms with Gasteiger partial charge in [-0.3, -0.25) is 0 Å². The molecule has 2 heteroatoms. The minimum absolute atomic E-state index is 0.681. The average Bonchev–Trinajstić information content (AvgIpc) is 3.83. The zero-order chi connectivity index (χ0) is 41.5. The van der Waals surface area contributed by atoms with E-state index >= 15 is 0 Å². The Kier molecular flexibility index (Phi) is 7.85. The number of rotatable bonds is 5. The Hall–Kier alpha value is -8.20. The predicted octanol–water partition coefficient (Wildman–Crippen LogP) is 16.4. The molecule has 0 saturated carbocycles. The second kappa shape index (κ2) is 13.9. The molecule has 1 aromatic heterocycles. The maximum Gasteiger partial charge on any atom is 0.135 e. The van der Waals surface area contributed by atoms with Crippen molar-refractivity contribution in [1.82, 2.24) is 0 Å². The Morgan fingerprint density at radius 1 is 0.270 bits per heavy atom. The summed E-state index contributed by atoms with van der Waals surface area (Å²) in [5.41, 5.74) is 21.6. The topological polar surface area (TPSA) is 16.4 Å². The number of hydrogen-bond donors (Lipinski definition) is 0. The minimum Gasteiger partial charge on any atom is -0.456 e. The molecule has 1 heterocycles. The van der Waals surface area contributed by atoms with Gasteiger partial charge in [0.1, 0.15) is 11.2 Å². The van der Waals surface area contributed by atoms with Gasteiger partial charge in [0.15, 0.2) is 0 Å². The normalized spacial score (nSPS) is 14.4. The quantitative estimate of drug-likeness (QED) is 0.172. The molecule has 0 N–H and O–H groups in total. The number of fused-ring (bicyclic) bond motifs is 15. The van der Waals surface area contributed by atoms with E-state index in [0.717, 1.165) is 39.0 Å². The Morgan fingerprint density at radius 2 is 0.714 bits per heavy atom. The van der Waals surface area contributed by atoms with Gasteiger partial charge in [-0.1, -0.05) is 182 Å². The highest BCUT2D eigenvalue weighted by atomic mass is 16.3. The zero-order valence-electron chi connectivity index (χ0n) is 34.4. The van der Waals surface area contributed by atoms with Crippen molar-refractivity contribution in [3.8, 4) is 55.6 Å². The Bertz CT molecular complexity index is 3470. The van der Waals surface area contributed by atoms with Gasteiger partial charge in [0.05, 0.1) is 5.41 Å². The molecule has 0 aliphatic heterocycles. The molecule has 11 aromatic rings. The Morgan fingerprint density at radius 3 is 1.32 bits per heavy atom. The summed E-state index contributed by atoms with van der Waals surface area (Å²) in [5, 5.41) is 2.27. The van der Waals surface area contributed by atoms with Gasteiger partial charge in [-0.05, 0) is 132 Å². The van der Waals surface area contributed by atoms with Crippen LogP contribution in [0.4, 0.5) is 17.1 Å². The molecule has 0 saturated heterocycles. The standard InChI is InChI=1S/C61H39NO/c1-3-15-40(16-4-1)42-27-31-44(32-28-42)62(45-33-29-43(30-34-45)41-17-5-2-6-18-41)46-35-36-51-48-20-8-7-19-47(48)49-21-9-12-24-55(49)61(57(51)37-46)56-25-13-10-22-50(56)53-38-54-52-23-11-14-26-59(52)63-60(54)39-58(53)61/h1-39H. The molecule has 63 heavy (non-hydrogen) atoms. The van der Waals surface area contributed by atoms with Crippen LogP contribution in [-0.4, -0.2) is 0 Å². The third-order valence-electron chi connectivity index (χ3n) is 13.5. The molecular formula is C61H39NO. The van der Waals surface area contributed by atoms with Crippen molar-refractivity contribution >= 4 is 39.0 Å². The van der Waals surface area contributed by atoms with Crippen LogP contribution in [0.3, 0.4) is 0 Å². The van der Waals surface area contributed by atoms with Gasteiger partial charge in [-0.25, -0.2) is 0 Å². The largest absolute Gasteiger partial charge is 0.456 e. The monoisotopic (exact) mass is 801 g/mol. The molecule has 294 valence electrons. The van der Waals surface area contributed by atoms with E-state index < -0.39 is 5.41 Å². The summed E-state index contributed by atoms with van der Waals surface area (Å²) in [5.74, 6) is 0. The first-order valence-corrected chi connectivity index (χ1v) is 21.7. The highest BCUT2D eigenvalue weighted by Crippen LogP contribution is 2.62. The van der Waals surface area contributed by atoms with Crippen LogP contribution in [0.1, 0.15) is 22.3 Å². The van der Waals surface area contributed by atoms with Crippen molar-refractivity contribution < 1.29 is 4.42 Å². The minimum atomic E-state index is -0.681. The first kappa shape index (κ1) is 35.5. The third kappa shape index (κ3) is 5.32. The molecular weight excluding hydrogens is 763 g/mol. The van der Waals surface area contributed by atoms with Crippen LogP contribution in [0, 0.1) is 0 Å². The second-order valence-corrected chi connectivity index (χ2v) is 16.8. The van der Waals surface area contributed by atoms with Crippen LogP contribution in [0.2, 0.25) is 0 Å². The van der Waals surface area contributed by atoms with Gasteiger partial charge in [-0.2, -0.15) is 0 Å². The molecule has 2 aliphatic carbocycles. The first-order valence-electron chi connectivity index (χ1n) is 21.7. The fourth-order valence-electron chi connectivity index (χ4n) is 10.7. The van der Waals surface area contributed by atoms with E-state index in [-0.39, 0.29) is 0 Å². The summed E-state index contributed by atoms with van der Waals surface area (Å²) < 4.78 is 6.73. The van der Waals surface area contributed by atoms with Gasteiger partial charge in [-0.15, -0.1) is 0 Å². The van der Waals surface area contributed by atoms with Crippen molar-refractivity contribution in [1.29, 1.82) is 0 Å². The molecule has 2 aliphatic rings. The SMILES string of the molecule is c1ccc(-c2ccc(N(c3ccc(-c4ccccc4)cc3)c3ccc4c(c3)C3(c5ccccc5-c5ccccc5-4)c4ccccc4-c4cc5c(cc43)oc3ccccc35)cc2)cc1. The van der Waals surface area contributed by atoms with Crippen molar-refractivity contribution in [3.63, 3.8) is 0 Å². The lowest BCUT2D eigenvalue weighted by molar-refractivity contribution is 0.666. The molecule has 0 bridgehead atoms. The smallest absolute Gasteiger partial charge is 0.135 e. The summed E-state index contributed by atoms with van der Waals surface area (Å²) in [6.07, 6.45) is 0. The maximum atomic E-state index is 6.73.